The number of aliphatic hydroxyl groups excluding tert-OH is 1. The summed E-state index contributed by atoms with van der Waals surface area (Å²) in [6.07, 6.45) is 3.77. The molecule has 2 aromatic heterocycles. The first-order valence-corrected chi connectivity index (χ1v) is 8.73. The first-order chi connectivity index (χ1) is 12.3. The van der Waals surface area contributed by atoms with Gasteiger partial charge in [0, 0.05) is 56.1 Å². The molecular formula is C20H22N4O. The highest BCUT2D eigenvalue weighted by Crippen LogP contribution is 2.24. The van der Waals surface area contributed by atoms with E-state index in [1.807, 2.05) is 18.5 Å². The zero-order valence-corrected chi connectivity index (χ0v) is 14.2. The van der Waals surface area contributed by atoms with Crippen molar-refractivity contribution in [2.75, 3.05) is 44.2 Å². The number of fused-ring (bicyclic) bond motifs is 1. The molecule has 0 amide bonds. The summed E-state index contributed by atoms with van der Waals surface area (Å²) >= 11 is 0. The summed E-state index contributed by atoms with van der Waals surface area (Å²) < 4.78 is 0. The Morgan fingerprint density at radius 3 is 2.52 bits per heavy atom. The highest BCUT2D eigenvalue weighted by atomic mass is 16.3. The van der Waals surface area contributed by atoms with Crippen LogP contribution in [0.1, 0.15) is 0 Å². The van der Waals surface area contributed by atoms with Crippen LogP contribution in [0.25, 0.3) is 22.0 Å². The fourth-order valence-electron chi connectivity index (χ4n) is 3.33. The number of pyridine rings is 2. The Hall–Kier alpha value is -2.50. The summed E-state index contributed by atoms with van der Waals surface area (Å²) in [6.45, 7) is 4.84. The van der Waals surface area contributed by atoms with Crippen molar-refractivity contribution in [3.8, 4) is 11.1 Å². The van der Waals surface area contributed by atoms with Crippen LogP contribution >= 0.6 is 0 Å². The molecule has 3 heterocycles. The zero-order chi connectivity index (χ0) is 17.1. The van der Waals surface area contributed by atoms with Crippen LogP contribution in [-0.4, -0.2) is 59.3 Å². The van der Waals surface area contributed by atoms with Gasteiger partial charge < -0.3 is 10.0 Å². The van der Waals surface area contributed by atoms with Crippen molar-refractivity contribution in [1.29, 1.82) is 0 Å². The minimum Gasteiger partial charge on any atom is -0.395 e. The highest BCUT2D eigenvalue weighted by molar-refractivity contribution is 5.84. The van der Waals surface area contributed by atoms with E-state index in [0.717, 1.165) is 60.6 Å². The van der Waals surface area contributed by atoms with Crippen molar-refractivity contribution in [3.63, 3.8) is 0 Å². The summed E-state index contributed by atoms with van der Waals surface area (Å²) in [4.78, 5) is 13.7. The molecule has 4 rings (SSSR count). The first-order valence-electron chi connectivity index (χ1n) is 8.73. The maximum Gasteiger partial charge on any atom is 0.128 e. The number of piperazine rings is 1. The molecule has 25 heavy (non-hydrogen) atoms. The molecule has 1 aromatic carbocycles. The quantitative estimate of drug-likeness (QED) is 0.794. The van der Waals surface area contributed by atoms with Gasteiger partial charge in [0.1, 0.15) is 5.82 Å². The Morgan fingerprint density at radius 2 is 1.76 bits per heavy atom. The van der Waals surface area contributed by atoms with Gasteiger partial charge in [-0.1, -0.05) is 18.2 Å². The maximum atomic E-state index is 9.03. The van der Waals surface area contributed by atoms with Crippen molar-refractivity contribution in [3.05, 3.63) is 54.9 Å². The van der Waals surface area contributed by atoms with Gasteiger partial charge in [0.15, 0.2) is 0 Å². The van der Waals surface area contributed by atoms with Crippen LogP contribution in [0.5, 0.6) is 0 Å². The van der Waals surface area contributed by atoms with E-state index >= 15 is 0 Å². The normalized spacial score (nSPS) is 15.6. The van der Waals surface area contributed by atoms with Crippen LogP contribution in [0.3, 0.4) is 0 Å². The minimum absolute atomic E-state index is 0.230. The van der Waals surface area contributed by atoms with E-state index in [9.17, 15) is 0 Å². The molecule has 1 aliphatic rings. The van der Waals surface area contributed by atoms with Gasteiger partial charge in [-0.15, -0.1) is 0 Å². The first kappa shape index (κ1) is 16.0. The summed E-state index contributed by atoms with van der Waals surface area (Å²) in [5.74, 6) is 1.02. The molecule has 0 aliphatic carbocycles. The van der Waals surface area contributed by atoms with E-state index in [1.54, 1.807) is 0 Å². The van der Waals surface area contributed by atoms with E-state index < -0.39 is 0 Å². The number of anilines is 1. The van der Waals surface area contributed by atoms with E-state index in [2.05, 4.69) is 56.2 Å². The second-order valence-corrected chi connectivity index (χ2v) is 6.37. The van der Waals surface area contributed by atoms with Gasteiger partial charge in [0.25, 0.3) is 0 Å². The van der Waals surface area contributed by atoms with Gasteiger partial charge in [0.2, 0.25) is 0 Å². The molecule has 0 saturated carbocycles. The molecule has 3 aromatic rings. The Morgan fingerprint density at radius 1 is 0.920 bits per heavy atom. The van der Waals surface area contributed by atoms with E-state index in [1.165, 1.54) is 0 Å². The molecule has 5 heteroatoms. The molecule has 1 aliphatic heterocycles. The summed E-state index contributed by atoms with van der Waals surface area (Å²) in [5, 5.41) is 10.2. The number of benzene rings is 1. The minimum atomic E-state index is 0.230. The lowest BCUT2D eigenvalue weighted by Gasteiger charge is -2.35. The van der Waals surface area contributed by atoms with Crippen molar-refractivity contribution >= 4 is 16.7 Å². The number of hydrogen-bond donors (Lipinski definition) is 1. The van der Waals surface area contributed by atoms with Crippen LogP contribution in [-0.2, 0) is 0 Å². The van der Waals surface area contributed by atoms with Crippen LogP contribution in [0.4, 0.5) is 5.82 Å². The van der Waals surface area contributed by atoms with E-state index in [-0.39, 0.29) is 6.61 Å². The number of hydrogen-bond acceptors (Lipinski definition) is 5. The van der Waals surface area contributed by atoms with Crippen LogP contribution in [0.2, 0.25) is 0 Å². The molecule has 1 fully saturated rings. The average molecular weight is 334 g/mol. The topological polar surface area (TPSA) is 52.5 Å². The zero-order valence-electron chi connectivity index (χ0n) is 14.2. The van der Waals surface area contributed by atoms with Gasteiger partial charge in [-0.3, -0.25) is 9.88 Å². The number of rotatable bonds is 4. The highest BCUT2D eigenvalue weighted by Gasteiger charge is 2.17. The standard InChI is InChI=1S/C20H22N4O/c25-13-12-23-8-10-24(11-9-23)20-6-5-18(15-22-20)17-4-3-16-2-1-7-21-19(16)14-17/h1-7,14-15,25H,8-13H2. The Bertz CT molecular complexity index is 842. The fraction of sp³-hybridized carbons (Fsp3) is 0.300. The van der Waals surface area contributed by atoms with Crippen molar-refractivity contribution in [1.82, 2.24) is 14.9 Å². The predicted molar refractivity (Wildman–Crippen MR) is 101 cm³/mol. The van der Waals surface area contributed by atoms with E-state index in [4.69, 9.17) is 5.11 Å². The molecular weight excluding hydrogens is 312 g/mol. The second-order valence-electron chi connectivity index (χ2n) is 6.37. The predicted octanol–water partition coefficient (Wildman–Crippen LogP) is 2.41. The third kappa shape index (κ3) is 3.48. The van der Waals surface area contributed by atoms with Crippen LogP contribution in [0.15, 0.2) is 54.9 Å². The molecule has 5 nitrogen and oxygen atoms in total. The lowest BCUT2D eigenvalue weighted by molar-refractivity contribution is 0.188. The largest absolute Gasteiger partial charge is 0.395 e. The maximum absolute atomic E-state index is 9.03. The second kappa shape index (κ2) is 7.17. The SMILES string of the molecule is OCCN1CCN(c2ccc(-c3ccc4cccnc4c3)cn2)CC1. The Kier molecular flexibility index (Phi) is 4.59. The Labute approximate surface area is 147 Å². The number of β-amino-alcohol motifs (C(OH)–C–C–N with tert-alkyl or cyclic N) is 1. The third-order valence-electron chi connectivity index (χ3n) is 4.80. The summed E-state index contributed by atoms with van der Waals surface area (Å²) in [7, 11) is 0. The fourth-order valence-corrected chi connectivity index (χ4v) is 3.33. The van der Waals surface area contributed by atoms with Gasteiger partial charge in [0.05, 0.1) is 12.1 Å². The molecule has 1 N–H and O–H groups in total. The van der Waals surface area contributed by atoms with Crippen molar-refractivity contribution in [2.24, 2.45) is 0 Å². The average Bonchev–Trinajstić information content (AvgIpc) is 2.69. The molecule has 0 atom stereocenters. The van der Waals surface area contributed by atoms with Crippen molar-refractivity contribution < 1.29 is 5.11 Å². The molecule has 0 spiro atoms. The number of aliphatic hydroxyl groups is 1. The smallest absolute Gasteiger partial charge is 0.128 e. The third-order valence-corrected chi connectivity index (χ3v) is 4.80. The van der Waals surface area contributed by atoms with Crippen LogP contribution < -0.4 is 4.90 Å². The number of nitrogens with zero attached hydrogens (tertiary/aromatic N) is 4. The number of aromatic nitrogens is 2. The van der Waals surface area contributed by atoms with Gasteiger partial charge >= 0.3 is 0 Å². The van der Waals surface area contributed by atoms with Gasteiger partial charge in [-0.2, -0.15) is 0 Å². The van der Waals surface area contributed by atoms with Crippen molar-refractivity contribution in [2.45, 2.75) is 0 Å². The van der Waals surface area contributed by atoms with E-state index in [0.29, 0.717) is 0 Å². The van der Waals surface area contributed by atoms with Crippen LogP contribution in [0, 0.1) is 0 Å². The molecule has 128 valence electrons. The van der Waals surface area contributed by atoms with Gasteiger partial charge in [-0.05, 0) is 29.8 Å². The van der Waals surface area contributed by atoms with Gasteiger partial charge in [-0.25, -0.2) is 4.98 Å². The molecule has 0 bridgehead atoms. The summed E-state index contributed by atoms with van der Waals surface area (Å²) in [6, 6.07) is 14.6. The lowest BCUT2D eigenvalue weighted by Crippen LogP contribution is -2.47. The molecule has 0 radical (unpaired) electrons. The summed E-state index contributed by atoms with van der Waals surface area (Å²) in [5.41, 5.74) is 3.25. The Balaban J connectivity index is 1.50. The molecule has 0 unspecified atom stereocenters. The molecule has 1 saturated heterocycles. The lowest BCUT2D eigenvalue weighted by atomic mass is 10.1. The monoisotopic (exact) mass is 334 g/mol.